The van der Waals surface area contributed by atoms with Crippen molar-refractivity contribution >= 4 is 5.91 Å². The molecule has 2 atom stereocenters. The zero-order valence-corrected chi connectivity index (χ0v) is 16.3. The molecule has 0 spiro atoms. The third kappa shape index (κ3) is 4.41. The largest absolute Gasteiger partial charge is 0.341 e. The Kier molecular flexibility index (Phi) is 5.58. The average Bonchev–Trinajstić information content (AvgIpc) is 2.89. The number of amides is 1. The minimum atomic E-state index is 0.325. The highest BCUT2D eigenvalue weighted by atomic mass is 16.2. The van der Waals surface area contributed by atoms with Crippen LogP contribution in [0, 0.1) is 12.8 Å². The lowest BCUT2D eigenvalue weighted by molar-refractivity contribution is -0.131. The molecule has 1 aromatic heterocycles. The topological polar surface area (TPSA) is 41.4 Å². The van der Waals surface area contributed by atoms with Gasteiger partial charge in [0.15, 0.2) is 0 Å². The standard InChI is InChI=1S/C22H30N4O/c1-18-23-11-13-24(18)12-5-8-22(27)26-16-20-9-10-21(17-26)25(15-20)14-19-6-3-2-4-7-19/h2-4,6-7,11,13,20-21H,5,8-10,12,14-17H2,1H3/t20-,21-/m1/s1. The van der Waals surface area contributed by atoms with Crippen molar-refractivity contribution in [1.29, 1.82) is 0 Å². The van der Waals surface area contributed by atoms with E-state index < -0.39 is 0 Å². The quantitative estimate of drug-likeness (QED) is 0.789. The monoisotopic (exact) mass is 366 g/mol. The molecule has 3 fully saturated rings. The normalized spacial score (nSPS) is 22.8. The molecular weight excluding hydrogens is 336 g/mol. The molecule has 1 amide bonds. The van der Waals surface area contributed by atoms with Gasteiger partial charge in [-0.2, -0.15) is 0 Å². The summed E-state index contributed by atoms with van der Waals surface area (Å²) in [5.41, 5.74) is 1.37. The maximum atomic E-state index is 12.8. The second-order valence-corrected chi connectivity index (χ2v) is 8.08. The molecule has 1 aromatic carbocycles. The zero-order valence-electron chi connectivity index (χ0n) is 16.3. The molecule has 5 rings (SSSR count). The van der Waals surface area contributed by atoms with E-state index in [4.69, 9.17) is 0 Å². The van der Waals surface area contributed by atoms with Gasteiger partial charge in [0.1, 0.15) is 5.82 Å². The Bertz CT molecular complexity index is 757. The van der Waals surface area contributed by atoms with Crippen LogP contribution in [-0.2, 0) is 17.9 Å². The van der Waals surface area contributed by atoms with Gasteiger partial charge in [-0.3, -0.25) is 9.69 Å². The van der Waals surface area contributed by atoms with Crippen LogP contribution < -0.4 is 0 Å². The summed E-state index contributed by atoms with van der Waals surface area (Å²) in [6.45, 7) is 6.84. The fourth-order valence-corrected chi connectivity index (χ4v) is 4.59. The highest BCUT2D eigenvalue weighted by Gasteiger charge is 2.36. The molecule has 3 saturated heterocycles. The number of fused-ring (bicyclic) bond motifs is 4. The summed E-state index contributed by atoms with van der Waals surface area (Å²) in [7, 11) is 0. The van der Waals surface area contributed by atoms with Gasteiger partial charge in [-0.25, -0.2) is 4.98 Å². The van der Waals surface area contributed by atoms with Gasteiger partial charge in [0, 0.05) is 57.6 Å². The number of carbonyl (C=O) groups is 1. The van der Waals surface area contributed by atoms with Gasteiger partial charge in [-0.15, -0.1) is 0 Å². The van der Waals surface area contributed by atoms with E-state index in [2.05, 4.69) is 49.7 Å². The molecule has 3 aliphatic heterocycles. The molecule has 5 nitrogen and oxygen atoms in total. The Morgan fingerprint density at radius 3 is 2.78 bits per heavy atom. The second kappa shape index (κ2) is 8.26. The van der Waals surface area contributed by atoms with Crippen LogP contribution >= 0.6 is 0 Å². The third-order valence-electron chi connectivity index (χ3n) is 6.12. The highest BCUT2D eigenvalue weighted by molar-refractivity contribution is 5.76. The van der Waals surface area contributed by atoms with E-state index in [-0.39, 0.29) is 0 Å². The first kappa shape index (κ1) is 18.2. The fraction of sp³-hybridized carbons (Fsp3) is 0.545. The smallest absolute Gasteiger partial charge is 0.222 e. The van der Waals surface area contributed by atoms with Crippen molar-refractivity contribution in [3.63, 3.8) is 0 Å². The minimum absolute atomic E-state index is 0.325. The van der Waals surface area contributed by atoms with E-state index in [1.807, 2.05) is 19.3 Å². The van der Waals surface area contributed by atoms with Crippen molar-refractivity contribution in [2.75, 3.05) is 19.6 Å². The number of nitrogens with zero attached hydrogens (tertiary/aromatic N) is 4. The molecule has 0 unspecified atom stereocenters. The van der Waals surface area contributed by atoms with Crippen molar-refractivity contribution in [1.82, 2.24) is 19.4 Å². The lowest BCUT2D eigenvalue weighted by Crippen LogP contribution is -2.43. The molecule has 27 heavy (non-hydrogen) atoms. The summed E-state index contributed by atoms with van der Waals surface area (Å²) in [5.74, 6) is 1.96. The summed E-state index contributed by atoms with van der Waals surface area (Å²) in [6.07, 6.45) is 7.81. The maximum Gasteiger partial charge on any atom is 0.222 e. The van der Waals surface area contributed by atoms with Gasteiger partial charge in [0.25, 0.3) is 0 Å². The number of aryl methyl sites for hydroxylation is 2. The molecule has 0 aliphatic carbocycles. The van der Waals surface area contributed by atoms with Gasteiger partial charge in [-0.05, 0) is 37.7 Å². The molecule has 0 N–H and O–H groups in total. The molecule has 3 aliphatic rings. The molecule has 4 heterocycles. The summed E-state index contributed by atoms with van der Waals surface area (Å²) < 4.78 is 2.13. The lowest BCUT2D eigenvalue weighted by Gasteiger charge is -2.36. The number of rotatable bonds is 6. The van der Waals surface area contributed by atoms with Crippen molar-refractivity contribution in [3.8, 4) is 0 Å². The van der Waals surface area contributed by atoms with Crippen LogP contribution in [0.15, 0.2) is 42.7 Å². The minimum Gasteiger partial charge on any atom is -0.341 e. The van der Waals surface area contributed by atoms with E-state index in [1.54, 1.807) is 0 Å². The van der Waals surface area contributed by atoms with Crippen LogP contribution in [0.3, 0.4) is 0 Å². The Balaban J connectivity index is 1.32. The number of carbonyl (C=O) groups excluding carboxylic acids is 1. The summed E-state index contributed by atoms with van der Waals surface area (Å²) in [6, 6.07) is 11.2. The van der Waals surface area contributed by atoms with E-state index in [1.165, 1.54) is 18.4 Å². The van der Waals surface area contributed by atoms with E-state index in [0.29, 0.717) is 24.3 Å². The first-order valence-corrected chi connectivity index (χ1v) is 10.2. The summed E-state index contributed by atoms with van der Waals surface area (Å²) in [4.78, 5) is 21.8. The first-order chi connectivity index (χ1) is 13.2. The molecule has 5 heteroatoms. The predicted octanol–water partition coefficient (Wildman–Crippen LogP) is 3.09. The highest BCUT2D eigenvalue weighted by Crippen LogP contribution is 2.29. The Morgan fingerprint density at radius 1 is 1.15 bits per heavy atom. The Hall–Kier alpha value is -2.14. The number of hydrogen-bond donors (Lipinski definition) is 0. The van der Waals surface area contributed by atoms with Crippen molar-refractivity contribution < 1.29 is 4.79 Å². The SMILES string of the molecule is Cc1nccn1CCCC(=O)N1C[C@@H]2CC[C@H](C1)N(Cc1ccccc1)C2. The van der Waals surface area contributed by atoms with Gasteiger partial charge in [0.2, 0.25) is 5.91 Å². The first-order valence-electron chi connectivity index (χ1n) is 10.2. The Labute approximate surface area is 162 Å². The lowest BCUT2D eigenvalue weighted by atomic mass is 9.94. The van der Waals surface area contributed by atoms with Crippen LogP contribution in [0.25, 0.3) is 0 Å². The maximum absolute atomic E-state index is 12.8. The van der Waals surface area contributed by atoms with Crippen molar-refractivity contribution in [2.45, 2.75) is 51.7 Å². The molecule has 0 radical (unpaired) electrons. The molecular formula is C22H30N4O. The second-order valence-electron chi connectivity index (χ2n) is 8.08. The van der Waals surface area contributed by atoms with Gasteiger partial charge in [-0.1, -0.05) is 30.3 Å². The number of hydrogen-bond acceptors (Lipinski definition) is 3. The molecule has 2 bridgehead atoms. The van der Waals surface area contributed by atoms with Crippen molar-refractivity contribution in [3.05, 3.63) is 54.1 Å². The summed E-state index contributed by atoms with van der Waals surface area (Å²) in [5, 5.41) is 0. The van der Waals surface area contributed by atoms with Crippen LogP contribution in [0.2, 0.25) is 0 Å². The fourth-order valence-electron chi connectivity index (χ4n) is 4.59. The number of imidazole rings is 1. The molecule has 144 valence electrons. The van der Waals surface area contributed by atoms with Gasteiger partial charge < -0.3 is 9.47 Å². The van der Waals surface area contributed by atoms with Crippen LogP contribution in [-0.4, -0.2) is 50.9 Å². The predicted molar refractivity (Wildman–Crippen MR) is 106 cm³/mol. The number of benzene rings is 1. The van der Waals surface area contributed by atoms with E-state index in [9.17, 15) is 4.79 Å². The third-order valence-corrected chi connectivity index (χ3v) is 6.12. The van der Waals surface area contributed by atoms with Gasteiger partial charge in [0.05, 0.1) is 0 Å². The van der Waals surface area contributed by atoms with Gasteiger partial charge >= 0.3 is 0 Å². The summed E-state index contributed by atoms with van der Waals surface area (Å²) >= 11 is 0. The average molecular weight is 367 g/mol. The molecule has 0 saturated carbocycles. The van der Waals surface area contributed by atoms with E-state index in [0.717, 1.165) is 45.0 Å². The van der Waals surface area contributed by atoms with E-state index >= 15 is 0 Å². The zero-order chi connectivity index (χ0) is 18.6. The van der Waals surface area contributed by atoms with Crippen LogP contribution in [0.1, 0.15) is 37.1 Å². The Morgan fingerprint density at radius 2 is 2.00 bits per heavy atom. The van der Waals surface area contributed by atoms with Crippen molar-refractivity contribution in [2.24, 2.45) is 5.92 Å². The molecule has 2 aromatic rings. The van der Waals surface area contributed by atoms with Crippen LogP contribution in [0.4, 0.5) is 0 Å². The van der Waals surface area contributed by atoms with Crippen LogP contribution in [0.5, 0.6) is 0 Å². The number of aromatic nitrogens is 2. The number of piperidine rings is 1.